The van der Waals surface area contributed by atoms with Crippen molar-refractivity contribution in [1.29, 1.82) is 0 Å². The van der Waals surface area contributed by atoms with Crippen molar-refractivity contribution in [2.24, 2.45) is 4.99 Å². The maximum atomic E-state index is 12.1. The van der Waals surface area contributed by atoms with Crippen molar-refractivity contribution in [1.82, 2.24) is 0 Å². The molecular weight excluding hydrogens is 302 g/mol. The quantitative estimate of drug-likeness (QED) is 0.626. The summed E-state index contributed by atoms with van der Waals surface area (Å²) in [7, 11) is 0. The summed E-state index contributed by atoms with van der Waals surface area (Å²) in [5.41, 5.74) is 2.94. The van der Waals surface area contributed by atoms with Crippen LogP contribution in [0.1, 0.15) is 18.1 Å². The third-order valence-electron chi connectivity index (χ3n) is 3.96. The SMILES string of the molecule is CC1Oc2ccccc2C=C1/C=C1\N=C(c2ccccc2)OC1=O. The van der Waals surface area contributed by atoms with E-state index in [1.54, 1.807) is 6.08 Å². The van der Waals surface area contributed by atoms with Crippen LogP contribution in [0.2, 0.25) is 0 Å². The summed E-state index contributed by atoms with van der Waals surface area (Å²) in [6, 6.07) is 17.2. The van der Waals surface area contributed by atoms with E-state index < -0.39 is 5.97 Å². The van der Waals surface area contributed by atoms with Crippen molar-refractivity contribution in [2.75, 3.05) is 0 Å². The van der Waals surface area contributed by atoms with Gasteiger partial charge < -0.3 is 9.47 Å². The van der Waals surface area contributed by atoms with Crippen LogP contribution in [-0.2, 0) is 9.53 Å². The monoisotopic (exact) mass is 317 g/mol. The lowest BCUT2D eigenvalue weighted by Gasteiger charge is -2.22. The predicted molar refractivity (Wildman–Crippen MR) is 91.7 cm³/mol. The van der Waals surface area contributed by atoms with Crippen LogP contribution in [0.5, 0.6) is 5.75 Å². The number of cyclic esters (lactones) is 1. The highest BCUT2D eigenvalue weighted by Gasteiger charge is 2.26. The Morgan fingerprint density at radius 3 is 2.62 bits per heavy atom. The zero-order chi connectivity index (χ0) is 16.5. The van der Waals surface area contributed by atoms with Gasteiger partial charge in [0.05, 0.1) is 0 Å². The van der Waals surface area contributed by atoms with E-state index in [-0.39, 0.29) is 11.8 Å². The Morgan fingerprint density at radius 2 is 1.79 bits per heavy atom. The lowest BCUT2D eigenvalue weighted by Crippen LogP contribution is -2.18. The van der Waals surface area contributed by atoms with Gasteiger partial charge in [-0.05, 0) is 42.8 Å². The molecule has 2 aliphatic rings. The van der Waals surface area contributed by atoms with Gasteiger partial charge in [-0.1, -0.05) is 36.4 Å². The Hall–Kier alpha value is -3.14. The molecule has 1 atom stereocenters. The summed E-state index contributed by atoms with van der Waals surface area (Å²) < 4.78 is 11.2. The van der Waals surface area contributed by atoms with Gasteiger partial charge in [0.25, 0.3) is 0 Å². The third-order valence-corrected chi connectivity index (χ3v) is 3.96. The molecule has 0 spiro atoms. The molecule has 2 aromatic rings. The van der Waals surface area contributed by atoms with E-state index >= 15 is 0 Å². The molecule has 24 heavy (non-hydrogen) atoms. The molecule has 0 saturated heterocycles. The zero-order valence-electron chi connectivity index (χ0n) is 13.1. The molecule has 0 radical (unpaired) electrons. The topological polar surface area (TPSA) is 47.9 Å². The maximum absolute atomic E-state index is 12.1. The minimum Gasteiger partial charge on any atom is -0.485 e. The molecular formula is C20H15NO3. The number of hydrogen-bond donors (Lipinski definition) is 0. The highest BCUT2D eigenvalue weighted by atomic mass is 16.6. The number of nitrogens with zero attached hydrogens (tertiary/aromatic N) is 1. The number of hydrogen-bond acceptors (Lipinski definition) is 4. The number of aliphatic imine (C=N–C) groups is 1. The Morgan fingerprint density at radius 1 is 1.04 bits per heavy atom. The minimum atomic E-state index is -0.444. The molecule has 4 heteroatoms. The number of benzene rings is 2. The zero-order valence-corrected chi connectivity index (χ0v) is 13.1. The number of ether oxygens (including phenoxy) is 2. The summed E-state index contributed by atoms with van der Waals surface area (Å²) in [5.74, 6) is 0.729. The standard InChI is InChI=1S/C20H15NO3/c1-13-16(11-15-9-5-6-10-18(15)23-13)12-17-20(22)24-19(21-17)14-7-3-2-4-8-14/h2-13H,1H3/b17-12-. The second kappa shape index (κ2) is 5.81. The van der Waals surface area contributed by atoms with Crippen molar-refractivity contribution in [3.8, 4) is 5.75 Å². The molecule has 0 aliphatic carbocycles. The number of fused-ring (bicyclic) bond motifs is 1. The van der Waals surface area contributed by atoms with Crippen molar-refractivity contribution in [2.45, 2.75) is 13.0 Å². The Labute approximate surface area is 139 Å². The van der Waals surface area contributed by atoms with Gasteiger partial charge in [-0.3, -0.25) is 0 Å². The first-order valence-electron chi connectivity index (χ1n) is 7.76. The first-order valence-corrected chi connectivity index (χ1v) is 7.76. The fourth-order valence-corrected chi connectivity index (χ4v) is 2.69. The van der Waals surface area contributed by atoms with Gasteiger partial charge in [-0.25, -0.2) is 9.79 Å². The molecule has 0 amide bonds. The molecule has 0 aromatic heterocycles. The van der Waals surface area contributed by atoms with Crippen LogP contribution in [0, 0.1) is 0 Å². The Bertz CT molecular complexity index is 894. The van der Waals surface area contributed by atoms with E-state index in [0.717, 1.165) is 22.4 Å². The molecule has 118 valence electrons. The number of rotatable bonds is 2. The molecule has 2 aromatic carbocycles. The van der Waals surface area contributed by atoms with Gasteiger partial charge >= 0.3 is 5.97 Å². The van der Waals surface area contributed by atoms with Crippen LogP contribution in [0.25, 0.3) is 6.08 Å². The number of para-hydroxylation sites is 1. The molecule has 2 heterocycles. The highest BCUT2D eigenvalue weighted by Crippen LogP contribution is 2.31. The lowest BCUT2D eigenvalue weighted by atomic mass is 10.0. The molecule has 1 unspecified atom stereocenters. The maximum Gasteiger partial charge on any atom is 0.363 e. The number of esters is 1. The fourth-order valence-electron chi connectivity index (χ4n) is 2.69. The Balaban J connectivity index is 1.69. The normalized spacial score (nSPS) is 20.8. The van der Waals surface area contributed by atoms with Gasteiger partial charge in [-0.2, -0.15) is 0 Å². The second-order valence-electron chi connectivity index (χ2n) is 5.64. The van der Waals surface area contributed by atoms with Gasteiger partial charge in [-0.15, -0.1) is 0 Å². The summed E-state index contributed by atoms with van der Waals surface area (Å²) in [4.78, 5) is 16.4. The van der Waals surface area contributed by atoms with Gasteiger partial charge in [0.15, 0.2) is 5.70 Å². The lowest BCUT2D eigenvalue weighted by molar-refractivity contribution is -0.130. The molecule has 0 fully saturated rings. The minimum absolute atomic E-state index is 0.156. The number of carbonyl (C=O) groups is 1. The van der Waals surface area contributed by atoms with Crippen LogP contribution >= 0.6 is 0 Å². The average molecular weight is 317 g/mol. The van der Waals surface area contributed by atoms with E-state index in [9.17, 15) is 4.79 Å². The van der Waals surface area contributed by atoms with E-state index in [0.29, 0.717) is 5.90 Å². The second-order valence-corrected chi connectivity index (χ2v) is 5.64. The van der Waals surface area contributed by atoms with Crippen molar-refractivity contribution in [3.05, 3.63) is 83.1 Å². The summed E-state index contributed by atoms with van der Waals surface area (Å²) in [5, 5.41) is 0. The fraction of sp³-hybridized carbons (Fsp3) is 0.100. The van der Waals surface area contributed by atoms with Gasteiger partial charge in [0.1, 0.15) is 11.9 Å². The molecule has 4 rings (SSSR count). The molecule has 0 N–H and O–H groups in total. The summed E-state index contributed by atoms with van der Waals surface area (Å²) in [6.07, 6.45) is 3.59. The third kappa shape index (κ3) is 2.63. The van der Waals surface area contributed by atoms with Crippen LogP contribution in [0.3, 0.4) is 0 Å². The summed E-state index contributed by atoms with van der Waals surface area (Å²) >= 11 is 0. The first-order chi connectivity index (χ1) is 11.7. The van der Waals surface area contributed by atoms with Crippen LogP contribution in [0.4, 0.5) is 0 Å². The highest BCUT2D eigenvalue weighted by molar-refractivity contribution is 6.11. The molecule has 0 saturated carbocycles. The van der Waals surface area contributed by atoms with Crippen LogP contribution in [0.15, 0.2) is 76.9 Å². The first kappa shape index (κ1) is 14.5. The van der Waals surface area contributed by atoms with Crippen LogP contribution in [-0.4, -0.2) is 18.0 Å². The van der Waals surface area contributed by atoms with Crippen molar-refractivity contribution >= 4 is 17.9 Å². The Kier molecular flexibility index (Phi) is 3.50. The predicted octanol–water partition coefficient (Wildman–Crippen LogP) is 3.74. The van der Waals surface area contributed by atoms with Crippen LogP contribution < -0.4 is 4.74 Å². The van der Waals surface area contributed by atoms with Gasteiger partial charge in [0.2, 0.25) is 5.90 Å². The van der Waals surface area contributed by atoms with Crippen molar-refractivity contribution in [3.63, 3.8) is 0 Å². The average Bonchev–Trinajstić information content (AvgIpc) is 2.97. The smallest absolute Gasteiger partial charge is 0.363 e. The van der Waals surface area contributed by atoms with E-state index in [1.165, 1.54) is 0 Å². The van der Waals surface area contributed by atoms with Gasteiger partial charge in [0, 0.05) is 11.1 Å². The van der Waals surface area contributed by atoms with E-state index in [4.69, 9.17) is 9.47 Å². The van der Waals surface area contributed by atoms with E-state index in [1.807, 2.05) is 67.6 Å². The largest absolute Gasteiger partial charge is 0.485 e. The molecule has 4 nitrogen and oxygen atoms in total. The molecule has 2 aliphatic heterocycles. The summed E-state index contributed by atoms with van der Waals surface area (Å²) in [6.45, 7) is 1.95. The van der Waals surface area contributed by atoms with E-state index in [2.05, 4.69) is 4.99 Å². The number of carbonyl (C=O) groups excluding carboxylic acids is 1. The molecule has 0 bridgehead atoms. The van der Waals surface area contributed by atoms with Crippen molar-refractivity contribution < 1.29 is 14.3 Å².